The molecular formula is C10H14O3. The molecule has 0 amide bonds. The number of aliphatic hydroxyl groups is 1. The number of epoxide rings is 1. The number of rotatable bonds is 2. The van der Waals surface area contributed by atoms with Gasteiger partial charge in [-0.3, -0.25) is 4.79 Å². The molecule has 1 saturated heterocycles. The summed E-state index contributed by atoms with van der Waals surface area (Å²) < 4.78 is 5.33. The fourth-order valence-corrected chi connectivity index (χ4v) is 1.99. The zero-order chi connectivity index (χ0) is 9.64. The van der Waals surface area contributed by atoms with Crippen LogP contribution in [0.3, 0.4) is 0 Å². The van der Waals surface area contributed by atoms with Crippen LogP contribution in [0, 0.1) is 5.92 Å². The molecule has 1 aliphatic carbocycles. The van der Waals surface area contributed by atoms with Gasteiger partial charge in [-0.15, -0.1) is 0 Å². The van der Waals surface area contributed by atoms with Gasteiger partial charge in [-0.2, -0.15) is 0 Å². The molecule has 0 unspecified atom stereocenters. The van der Waals surface area contributed by atoms with Crippen molar-refractivity contribution >= 4 is 5.78 Å². The molecule has 0 aromatic carbocycles. The summed E-state index contributed by atoms with van der Waals surface area (Å²) in [5.74, 6) is 0.279. The lowest BCUT2D eigenvalue weighted by Crippen LogP contribution is -2.32. The van der Waals surface area contributed by atoms with Gasteiger partial charge in [-0.05, 0) is 24.8 Å². The fraction of sp³-hybridized carbons (Fsp3) is 0.700. The van der Waals surface area contributed by atoms with E-state index < -0.39 is 5.60 Å². The third-order valence-electron chi connectivity index (χ3n) is 3.21. The number of ketones is 1. The lowest BCUT2D eigenvalue weighted by Gasteiger charge is -2.22. The van der Waals surface area contributed by atoms with E-state index in [2.05, 4.69) is 6.58 Å². The topological polar surface area (TPSA) is 49.8 Å². The van der Waals surface area contributed by atoms with Gasteiger partial charge in [0, 0.05) is 6.42 Å². The smallest absolute Gasteiger partial charge is 0.167 e. The van der Waals surface area contributed by atoms with Crippen LogP contribution in [0.5, 0.6) is 0 Å². The number of Topliss-reactive ketones (excluding diaryl/α,β-unsaturated/α-hetero) is 1. The normalized spacial score (nSPS) is 42.8. The maximum absolute atomic E-state index is 11.5. The highest BCUT2D eigenvalue weighted by Crippen LogP contribution is 2.48. The first kappa shape index (κ1) is 8.91. The minimum absolute atomic E-state index is 0.0264. The van der Waals surface area contributed by atoms with Gasteiger partial charge in [0.05, 0.1) is 12.7 Å². The number of carbonyl (C=O) groups excluding carboxylic acids is 1. The van der Waals surface area contributed by atoms with Gasteiger partial charge in [0.1, 0.15) is 5.60 Å². The first-order chi connectivity index (χ1) is 6.08. The van der Waals surface area contributed by atoms with Crippen molar-refractivity contribution in [3.63, 3.8) is 0 Å². The van der Waals surface area contributed by atoms with E-state index in [0.717, 1.165) is 12.0 Å². The Morgan fingerprint density at radius 3 is 3.08 bits per heavy atom. The maximum atomic E-state index is 11.5. The standard InChI is InChI=1S/C10H14O3/c1-6(5-11)7-3-8(12)10(2)9(4-7)13-10/h7,9,11H,1,3-5H2,2H3/t7-,9+,10-/m0/s1. The van der Waals surface area contributed by atoms with Gasteiger partial charge in [0.15, 0.2) is 5.78 Å². The van der Waals surface area contributed by atoms with E-state index in [4.69, 9.17) is 9.84 Å². The van der Waals surface area contributed by atoms with Crippen LogP contribution < -0.4 is 0 Å². The molecule has 0 aromatic rings. The highest BCUT2D eigenvalue weighted by Gasteiger charge is 2.61. The Hall–Kier alpha value is -0.670. The number of hydrogen-bond acceptors (Lipinski definition) is 3. The van der Waals surface area contributed by atoms with Crippen LogP contribution in [0.1, 0.15) is 19.8 Å². The summed E-state index contributed by atoms with van der Waals surface area (Å²) in [4.78, 5) is 11.5. The predicted molar refractivity (Wildman–Crippen MR) is 47.2 cm³/mol. The van der Waals surface area contributed by atoms with Gasteiger partial charge in [-0.1, -0.05) is 6.58 Å². The second-order valence-corrected chi connectivity index (χ2v) is 4.09. The van der Waals surface area contributed by atoms with Crippen molar-refractivity contribution in [2.45, 2.75) is 31.5 Å². The second kappa shape index (κ2) is 2.66. The molecule has 1 aliphatic heterocycles. The summed E-state index contributed by atoms with van der Waals surface area (Å²) in [6.45, 7) is 5.57. The Morgan fingerprint density at radius 2 is 2.54 bits per heavy atom. The zero-order valence-corrected chi connectivity index (χ0v) is 7.75. The summed E-state index contributed by atoms with van der Waals surface area (Å²) >= 11 is 0. The van der Waals surface area contributed by atoms with Gasteiger partial charge < -0.3 is 9.84 Å². The SMILES string of the molecule is C=C(CO)[C@H]1CC(=O)[C@]2(C)O[C@@H]2C1. The number of fused-ring (bicyclic) bond motifs is 1. The number of aliphatic hydroxyl groups excluding tert-OH is 1. The van der Waals surface area contributed by atoms with Crippen LogP contribution in [0.25, 0.3) is 0 Å². The van der Waals surface area contributed by atoms with E-state index in [-0.39, 0.29) is 24.4 Å². The molecule has 1 heterocycles. The molecule has 3 nitrogen and oxygen atoms in total. The van der Waals surface area contributed by atoms with Crippen LogP contribution >= 0.6 is 0 Å². The second-order valence-electron chi connectivity index (χ2n) is 4.09. The van der Waals surface area contributed by atoms with Crippen molar-refractivity contribution in [3.8, 4) is 0 Å². The molecule has 2 aliphatic rings. The minimum Gasteiger partial charge on any atom is -0.392 e. The summed E-state index contributed by atoms with van der Waals surface area (Å²) in [5.41, 5.74) is 0.262. The molecule has 0 aromatic heterocycles. The van der Waals surface area contributed by atoms with Crippen LogP contribution in [-0.2, 0) is 9.53 Å². The van der Waals surface area contributed by atoms with E-state index in [9.17, 15) is 4.79 Å². The monoisotopic (exact) mass is 182 g/mol. The first-order valence-electron chi connectivity index (χ1n) is 4.57. The molecule has 1 saturated carbocycles. The molecule has 0 radical (unpaired) electrons. The fourth-order valence-electron chi connectivity index (χ4n) is 1.99. The van der Waals surface area contributed by atoms with Crippen molar-refractivity contribution in [2.24, 2.45) is 5.92 Å². The van der Waals surface area contributed by atoms with Crippen LogP contribution in [0.4, 0.5) is 0 Å². The van der Waals surface area contributed by atoms with E-state index in [1.54, 1.807) is 0 Å². The predicted octanol–water partition coefficient (Wildman–Crippen LogP) is 0.671. The molecule has 13 heavy (non-hydrogen) atoms. The highest BCUT2D eigenvalue weighted by molar-refractivity contribution is 5.91. The number of carbonyl (C=O) groups is 1. The van der Waals surface area contributed by atoms with E-state index >= 15 is 0 Å². The van der Waals surface area contributed by atoms with Crippen molar-refractivity contribution in [1.82, 2.24) is 0 Å². The molecular weight excluding hydrogens is 168 g/mol. The summed E-state index contributed by atoms with van der Waals surface area (Å²) in [5, 5.41) is 8.89. The zero-order valence-electron chi connectivity index (χ0n) is 7.75. The van der Waals surface area contributed by atoms with Crippen LogP contribution in [0.15, 0.2) is 12.2 Å². The molecule has 0 bridgehead atoms. The van der Waals surface area contributed by atoms with Crippen LogP contribution in [0.2, 0.25) is 0 Å². The molecule has 2 fully saturated rings. The lowest BCUT2D eigenvalue weighted by molar-refractivity contribution is -0.124. The Kier molecular flexibility index (Phi) is 1.82. The van der Waals surface area contributed by atoms with E-state index in [1.165, 1.54) is 0 Å². The third-order valence-corrected chi connectivity index (χ3v) is 3.21. The van der Waals surface area contributed by atoms with E-state index in [1.807, 2.05) is 6.92 Å². The van der Waals surface area contributed by atoms with Crippen molar-refractivity contribution < 1.29 is 14.6 Å². The summed E-state index contributed by atoms with van der Waals surface area (Å²) in [7, 11) is 0. The summed E-state index contributed by atoms with van der Waals surface area (Å²) in [6.07, 6.45) is 1.38. The van der Waals surface area contributed by atoms with Gasteiger partial charge >= 0.3 is 0 Å². The van der Waals surface area contributed by atoms with Crippen molar-refractivity contribution in [2.75, 3.05) is 6.61 Å². The molecule has 0 spiro atoms. The van der Waals surface area contributed by atoms with E-state index in [0.29, 0.717) is 6.42 Å². The van der Waals surface area contributed by atoms with Gasteiger partial charge in [0.25, 0.3) is 0 Å². The largest absolute Gasteiger partial charge is 0.392 e. The Labute approximate surface area is 77.4 Å². The highest BCUT2D eigenvalue weighted by atomic mass is 16.6. The number of ether oxygens (including phenoxy) is 1. The molecule has 1 N–H and O–H groups in total. The average Bonchev–Trinajstić information content (AvgIpc) is 2.77. The Balaban J connectivity index is 2.06. The Morgan fingerprint density at radius 1 is 1.85 bits per heavy atom. The maximum Gasteiger partial charge on any atom is 0.167 e. The molecule has 2 rings (SSSR count). The molecule has 72 valence electrons. The average molecular weight is 182 g/mol. The van der Waals surface area contributed by atoms with Crippen LogP contribution in [-0.4, -0.2) is 29.2 Å². The van der Waals surface area contributed by atoms with Gasteiger partial charge in [0.2, 0.25) is 0 Å². The minimum atomic E-state index is -0.494. The van der Waals surface area contributed by atoms with Gasteiger partial charge in [-0.25, -0.2) is 0 Å². The van der Waals surface area contributed by atoms with Crippen molar-refractivity contribution in [1.29, 1.82) is 0 Å². The third kappa shape index (κ3) is 1.23. The van der Waals surface area contributed by atoms with Crippen molar-refractivity contribution in [3.05, 3.63) is 12.2 Å². The molecule has 3 heteroatoms. The molecule has 3 atom stereocenters. The quantitative estimate of drug-likeness (QED) is 0.504. The summed E-state index contributed by atoms with van der Waals surface area (Å²) in [6, 6.07) is 0. The first-order valence-corrected chi connectivity index (χ1v) is 4.57. The Bertz CT molecular complexity index is 271. The lowest BCUT2D eigenvalue weighted by atomic mass is 9.79. The number of hydrogen-bond donors (Lipinski definition) is 1.